The highest BCUT2D eigenvalue weighted by molar-refractivity contribution is 5.93. The number of allylic oxidation sites excluding steroid dienone is 5. The molecular formula is C21H28O2. The van der Waals surface area contributed by atoms with Gasteiger partial charge < -0.3 is 5.11 Å². The Morgan fingerprint density at radius 2 is 2.09 bits per heavy atom. The highest BCUT2D eigenvalue weighted by Crippen LogP contribution is 2.62. The number of hydrogen-bond donors (Lipinski definition) is 1. The summed E-state index contributed by atoms with van der Waals surface area (Å²) >= 11 is 0. The molecule has 0 bridgehead atoms. The molecule has 0 unspecified atom stereocenters. The summed E-state index contributed by atoms with van der Waals surface area (Å²) < 4.78 is 0. The minimum atomic E-state index is 0.165. The van der Waals surface area contributed by atoms with Gasteiger partial charge in [0.05, 0.1) is 6.61 Å². The van der Waals surface area contributed by atoms with Crippen LogP contribution in [0, 0.1) is 23.2 Å². The van der Waals surface area contributed by atoms with Crippen LogP contribution in [-0.2, 0) is 4.79 Å². The van der Waals surface area contributed by atoms with Gasteiger partial charge in [0, 0.05) is 6.42 Å². The maximum absolute atomic E-state index is 11.7. The normalized spacial score (nSPS) is 40.0. The van der Waals surface area contributed by atoms with Crippen molar-refractivity contribution in [2.75, 3.05) is 6.61 Å². The summed E-state index contributed by atoms with van der Waals surface area (Å²) in [6.07, 6.45) is 15.3. The molecule has 1 N–H and O–H groups in total. The second-order valence-electron chi connectivity index (χ2n) is 8.19. The lowest BCUT2D eigenvalue weighted by atomic mass is 9.56. The Kier molecular flexibility index (Phi) is 3.84. The van der Waals surface area contributed by atoms with Crippen LogP contribution in [-0.4, -0.2) is 17.5 Å². The number of aliphatic hydroxyl groups excluding tert-OH is 1. The van der Waals surface area contributed by atoms with Crippen LogP contribution in [0.2, 0.25) is 0 Å². The Balaban J connectivity index is 1.66. The van der Waals surface area contributed by atoms with Crippen molar-refractivity contribution in [3.63, 3.8) is 0 Å². The predicted octanol–water partition coefficient (Wildman–Crippen LogP) is 4.36. The van der Waals surface area contributed by atoms with Crippen LogP contribution in [0.3, 0.4) is 0 Å². The summed E-state index contributed by atoms with van der Waals surface area (Å²) in [4.78, 5) is 11.7. The van der Waals surface area contributed by atoms with E-state index in [2.05, 4.69) is 13.0 Å². The van der Waals surface area contributed by atoms with Crippen molar-refractivity contribution < 1.29 is 9.90 Å². The standard InChI is InChI=1S/C21H28O2/c1-21-11-10-18-17-8-6-16(23)13-14(17)4-7-19(18)20(21)9-5-15(21)3-2-12-22/h2-3,13,15,19-20,22H,4-12H2,1H3/b3-2-/t15-,19+,20-,21-/m0/s1. The number of carbonyl (C=O) groups excluding carboxylic acids is 1. The summed E-state index contributed by atoms with van der Waals surface area (Å²) in [5.41, 5.74) is 5.05. The van der Waals surface area contributed by atoms with E-state index in [1.165, 1.54) is 37.7 Å². The van der Waals surface area contributed by atoms with Gasteiger partial charge in [0.25, 0.3) is 0 Å². The van der Waals surface area contributed by atoms with Crippen molar-refractivity contribution in [3.8, 4) is 0 Å². The van der Waals surface area contributed by atoms with Crippen molar-refractivity contribution in [2.45, 2.75) is 58.3 Å². The summed E-state index contributed by atoms with van der Waals surface area (Å²) in [6.45, 7) is 2.66. The SMILES string of the molecule is C[C@@]12CCC3=C4CCC(=O)C=C4CC[C@H]3[C@@H]1CC[C@@H]2/C=C\CO. The summed E-state index contributed by atoms with van der Waals surface area (Å²) in [5.74, 6) is 2.52. The third-order valence-electron chi connectivity index (χ3n) is 7.28. The maximum atomic E-state index is 11.7. The molecule has 124 valence electrons. The molecule has 4 aliphatic carbocycles. The molecule has 2 saturated carbocycles. The molecule has 4 atom stereocenters. The second kappa shape index (κ2) is 5.73. The summed E-state index contributed by atoms with van der Waals surface area (Å²) in [7, 11) is 0. The van der Waals surface area contributed by atoms with Gasteiger partial charge in [0.1, 0.15) is 0 Å². The van der Waals surface area contributed by atoms with E-state index < -0.39 is 0 Å². The van der Waals surface area contributed by atoms with E-state index in [4.69, 9.17) is 5.11 Å². The number of ketones is 1. The lowest BCUT2D eigenvalue weighted by molar-refractivity contribution is -0.114. The van der Waals surface area contributed by atoms with Gasteiger partial charge in [-0.25, -0.2) is 0 Å². The zero-order valence-corrected chi connectivity index (χ0v) is 14.2. The summed E-state index contributed by atoms with van der Waals surface area (Å²) in [6, 6.07) is 0. The van der Waals surface area contributed by atoms with E-state index in [0.717, 1.165) is 31.1 Å². The first-order valence-corrected chi connectivity index (χ1v) is 9.36. The van der Waals surface area contributed by atoms with Crippen molar-refractivity contribution >= 4 is 5.78 Å². The number of fused-ring (bicyclic) bond motifs is 4. The number of aliphatic hydroxyl groups is 1. The van der Waals surface area contributed by atoms with Crippen LogP contribution in [0.15, 0.2) is 34.9 Å². The fourth-order valence-corrected chi connectivity index (χ4v) is 6.11. The Bertz CT molecular complexity index is 609. The van der Waals surface area contributed by atoms with Crippen LogP contribution >= 0.6 is 0 Å². The van der Waals surface area contributed by atoms with E-state index in [-0.39, 0.29) is 6.61 Å². The summed E-state index contributed by atoms with van der Waals surface area (Å²) in [5, 5.41) is 9.12. The molecule has 0 aliphatic heterocycles. The molecule has 2 fully saturated rings. The Morgan fingerprint density at radius 1 is 1.22 bits per heavy atom. The molecule has 2 heteroatoms. The largest absolute Gasteiger partial charge is 0.392 e. The van der Waals surface area contributed by atoms with Gasteiger partial charge in [-0.2, -0.15) is 0 Å². The third kappa shape index (κ3) is 2.38. The zero-order valence-electron chi connectivity index (χ0n) is 14.2. The molecule has 0 heterocycles. The predicted molar refractivity (Wildman–Crippen MR) is 91.9 cm³/mol. The van der Waals surface area contributed by atoms with Crippen LogP contribution in [0.25, 0.3) is 0 Å². The molecule has 23 heavy (non-hydrogen) atoms. The molecule has 2 nitrogen and oxygen atoms in total. The minimum absolute atomic E-state index is 0.165. The van der Waals surface area contributed by atoms with Crippen molar-refractivity contribution in [3.05, 3.63) is 34.9 Å². The lowest BCUT2D eigenvalue weighted by Crippen LogP contribution is -2.39. The number of carbonyl (C=O) groups is 1. The van der Waals surface area contributed by atoms with E-state index in [1.54, 1.807) is 11.1 Å². The van der Waals surface area contributed by atoms with E-state index in [0.29, 0.717) is 17.1 Å². The molecular weight excluding hydrogens is 284 g/mol. The Hall–Kier alpha value is -1.15. The van der Waals surface area contributed by atoms with Gasteiger partial charge in [-0.15, -0.1) is 0 Å². The van der Waals surface area contributed by atoms with Gasteiger partial charge in [-0.1, -0.05) is 24.6 Å². The molecule has 0 spiro atoms. The van der Waals surface area contributed by atoms with Gasteiger partial charge in [-0.3, -0.25) is 4.79 Å². The molecule has 4 rings (SSSR count). The van der Waals surface area contributed by atoms with Crippen LogP contribution < -0.4 is 0 Å². The van der Waals surface area contributed by atoms with Gasteiger partial charge in [-0.05, 0) is 85.3 Å². The van der Waals surface area contributed by atoms with Gasteiger partial charge >= 0.3 is 0 Å². The van der Waals surface area contributed by atoms with Crippen molar-refractivity contribution in [1.29, 1.82) is 0 Å². The van der Waals surface area contributed by atoms with E-state index in [1.807, 2.05) is 12.2 Å². The first-order valence-electron chi connectivity index (χ1n) is 9.36. The Labute approximate surface area is 139 Å². The molecule has 4 aliphatic rings. The molecule has 0 saturated heterocycles. The topological polar surface area (TPSA) is 37.3 Å². The third-order valence-corrected chi connectivity index (χ3v) is 7.28. The van der Waals surface area contributed by atoms with E-state index in [9.17, 15) is 4.79 Å². The first kappa shape index (κ1) is 15.4. The van der Waals surface area contributed by atoms with Crippen LogP contribution in [0.4, 0.5) is 0 Å². The fourth-order valence-electron chi connectivity index (χ4n) is 6.11. The monoisotopic (exact) mass is 312 g/mol. The lowest BCUT2D eigenvalue weighted by Gasteiger charge is -2.49. The molecule has 0 radical (unpaired) electrons. The molecule has 0 amide bonds. The van der Waals surface area contributed by atoms with Crippen molar-refractivity contribution in [2.24, 2.45) is 23.2 Å². The highest BCUT2D eigenvalue weighted by atomic mass is 16.2. The number of rotatable bonds is 2. The molecule has 0 aromatic heterocycles. The molecule has 0 aromatic rings. The maximum Gasteiger partial charge on any atom is 0.156 e. The van der Waals surface area contributed by atoms with Crippen LogP contribution in [0.1, 0.15) is 58.3 Å². The van der Waals surface area contributed by atoms with Gasteiger partial charge in [0.2, 0.25) is 0 Å². The average Bonchev–Trinajstić information content (AvgIpc) is 2.89. The second-order valence-corrected chi connectivity index (χ2v) is 8.19. The van der Waals surface area contributed by atoms with Gasteiger partial charge in [0.15, 0.2) is 5.78 Å². The van der Waals surface area contributed by atoms with Crippen molar-refractivity contribution in [1.82, 2.24) is 0 Å². The highest BCUT2D eigenvalue weighted by Gasteiger charge is 2.52. The smallest absolute Gasteiger partial charge is 0.156 e. The first-order chi connectivity index (χ1) is 11.1. The zero-order chi connectivity index (χ0) is 16.0. The average molecular weight is 312 g/mol. The van der Waals surface area contributed by atoms with Crippen LogP contribution in [0.5, 0.6) is 0 Å². The number of hydrogen-bond acceptors (Lipinski definition) is 2. The quantitative estimate of drug-likeness (QED) is 0.769. The molecule has 0 aromatic carbocycles. The fraction of sp³-hybridized carbons (Fsp3) is 0.667. The van der Waals surface area contributed by atoms with E-state index >= 15 is 0 Å². The Morgan fingerprint density at radius 3 is 2.91 bits per heavy atom. The minimum Gasteiger partial charge on any atom is -0.392 e.